The fourth-order valence-corrected chi connectivity index (χ4v) is 3.76. The second-order valence-corrected chi connectivity index (χ2v) is 7.80. The number of carbonyl (C=O) groups is 1. The first kappa shape index (κ1) is 26.9. The fraction of sp³-hybridized carbons (Fsp3) is 0.222. The van der Waals surface area contributed by atoms with Crippen molar-refractivity contribution >= 4 is 23.1 Å². The van der Waals surface area contributed by atoms with Gasteiger partial charge in [0.25, 0.3) is 5.91 Å². The lowest BCUT2D eigenvalue weighted by molar-refractivity contribution is -0.123. The van der Waals surface area contributed by atoms with Crippen LogP contribution in [0.25, 0.3) is 22.3 Å². The summed E-state index contributed by atoms with van der Waals surface area (Å²) in [6.07, 6.45) is 2.79. The standard InChI is InChI=1S/C27H26N2O10/c1-32-17-11-18(33-2)23-19(12-17)39-25(15-9-20(34-3)26(36-5)21(10-15)35-4)27(24(23)31)38-14-22(30)29-28-13-16-7-6-8-37-16/h6-13H,14H2,1-5H3,(H,29,30)/b28-13+. The smallest absolute Gasteiger partial charge is 0.277 e. The Morgan fingerprint density at radius 1 is 0.923 bits per heavy atom. The van der Waals surface area contributed by atoms with Gasteiger partial charge in [0.1, 0.15) is 28.2 Å². The van der Waals surface area contributed by atoms with Gasteiger partial charge in [-0.05, 0) is 24.3 Å². The van der Waals surface area contributed by atoms with Crippen LogP contribution in [0.4, 0.5) is 0 Å². The van der Waals surface area contributed by atoms with Crippen LogP contribution in [0.3, 0.4) is 0 Å². The molecule has 12 heteroatoms. The molecule has 204 valence electrons. The molecule has 2 heterocycles. The average molecular weight is 539 g/mol. The highest BCUT2D eigenvalue weighted by molar-refractivity contribution is 5.89. The van der Waals surface area contributed by atoms with Gasteiger partial charge >= 0.3 is 0 Å². The molecular formula is C27H26N2O10. The van der Waals surface area contributed by atoms with E-state index in [0.717, 1.165) is 0 Å². The number of amides is 1. The van der Waals surface area contributed by atoms with Crippen LogP contribution in [0.5, 0.6) is 34.5 Å². The molecule has 1 amide bonds. The van der Waals surface area contributed by atoms with Gasteiger partial charge in [-0.1, -0.05) is 0 Å². The summed E-state index contributed by atoms with van der Waals surface area (Å²) < 4.78 is 44.0. The molecule has 4 rings (SSSR count). The molecule has 0 aliphatic heterocycles. The van der Waals surface area contributed by atoms with E-state index in [1.807, 2.05) is 0 Å². The van der Waals surface area contributed by atoms with Crippen molar-refractivity contribution < 1.29 is 42.1 Å². The first-order valence-electron chi connectivity index (χ1n) is 11.4. The zero-order valence-electron chi connectivity index (χ0n) is 21.9. The largest absolute Gasteiger partial charge is 0.496 e. The number of furan rings is 1. The highest BCUT2D eigenvalue weighted by Crippen LogP contribution is 2.44. The minimum Gasteiger partial charge on any atom is -0.496 e. The van der Waals surface area contributed by atoms with Gasteiger partial charge in [-0.2, -0.15) is 5.10 Å². The second-order valence-electron chi connectivity index (χ2n) is 7.80. The monoisotopic (exact) mass is 538 g/mol. The molecule has 4 aromatic rings. The van der Waals surface area contributed by atoms with E-state index in [-0.39, 0.29) is 28.2 Å². The minimum atomic E-state index is -0.630. The molecule has 0 unspecified atom stereocenters. The molecule has 1 N–H and O–H groups in total. The molecule has 0 saturated carbocycles. The number of nitrogens with zero attached hydrogens (tertiary/aromatic N) is 1. The van der Waals surface area contributed by atoms with Gasteiger partial charge in [-0.25, -0.2) is 5.43 Å². The Kier molecular flexibility index (Phi) is 8.24. The maximum atomic E-state index is 13.7. The Balaban J connectivity index is 1.82. The van der Waals surface area contributed by atoms with Gasteiger partial charge in [-0.15, -0.1) is 0 Å². The van der Waals surface area contributed by atoms with Gasteiger partial charge in [0.15, 0.2) is 23.9 Å². The van der Waals surface area contributed by atoms with E-state index in [0.29, 0.717) is 34.3 Å². The van der Waals surface area contributed by atoms with Crippen LogP contribution in [0.1, 0.15) is 5.76 Å². The SMILES string of the molecule is COc1cc(OC)c2c(=O)c(OCC(=O)N/N=C/c3ccco3)c(-c3cc(OC)c(OC)c(OC)c3)oc2c1. The summed E-state index contributed by atoms with van der Waals surface area (Å²) in [5.74, 6) is 1.15. The van der Waals surface area contributed by atoms with Crippen molar-refractivity contribution in [1.82, 2.24) is 5.43 Å². The van der Waals surface area contributed by atoms with Crippen LogP contribution in [0, 0.1) is 0 Å². The van der Waals surface area contributed by atoms with E-state index in [9.17, 15) is 9.59 Å². The molecule has 0 fully saturated rings. The molecule has 0 radical (unpaired) electrons. The van der Waals surface area contributed by atoms with E-state index in [2.05, 4.69) is 10.5 Å². The topological polar surface area (TPSA) is 140 Å². The third kappa shape index (κ3) is 5.59. The summed E-state index contributed by atoms with van der Waals surface area (Å²) in [6.45, 7) is -0.554. The van der Waals surface area contributed by atoms with Crippen molar-refractivity contribution in [1.29, 1.82) is 0 Å². The Labute approximate surface area is 222 Å². The van der Waals surface area contributed by atoms with Crippen LogP contribution < -0.4 is 39.3 Å². The number of hydrogen-bond acceptors (Lipinski definition) is 11. The highest BCUT2D eigenvalue weighted by Gasteiger charge is 2.24. The van der Waals surface area contributed by atoms with Gasteiger partial charge in [-0.3, -0.25) is 9.59 Å². The Hall–Kier alpha value is -5.13. The number of rotatable bonds is 11. The molecule has 0 aliphatic rings. The van der Waals surface area contributed by atoms with Crippen molar-refractivity contribution in [2.75, 3.05) is 42.2 Å². The zero-order chi connectivity index (χ0) is 27.9. The van der Waals surface area contributed by atoms with Gasteiger partial charge in [0, 0.05) is 17.7 Å². The molecule has 0 atom stereocenters. The van der Waals surface area contributed by atoms with E-state index in [1.54, 1.807) is 30.3 Å². The number of hydrogen-bond donors (Lipinski definition) is 1. The molecule has 12 nitrogen and oxygen atoms in total. The zero-order valence-corrected chi connectivity index (χ0v) is 21.9. The van der Waals surface area contributed by atoms with Crippen LogP contribution in [0.15, 0.2) is 61.4 Å². The van der Waals surface area contributed by atoms with Crippen molar-refractivity contribution in [3.05, 3.63) is 58.6 Å². The molecule has 0 saturated heterocycles. The minimum absolute atomic E-state index is 0.00828. The summed E-state index contributed by atoms with van der Waals surface area (Å²) in [6, 6.07) is 9.60. The summed E-state index contributed by atoms with van der Waals surface area (Å²) in [4.78, 5) is 26.2. The summed E-state index contributed by atoms with van der Waals surface area (Å²) in [5.41, 5.74) is 2.26. The Bertz CT molecular complexity index is 1530. The van der Waals surface area contributed by atoms with Gasteiger partial charge in [0.05, 0.1) is 48.0 Å². The van der Waals surface area contributed by atoms with Gasteiger partial charge < -0.3 is 37.3 Å². The summed E-state index contributed by atoms with van der Waals surface area (Å²) in [5, 5.41) is 3.91. The number of nitrogens with one attached hydrogen (secondary N) is 1. The molecule has 0 bridgehead atoms. The summed E-state index contributed by atoms with van der Waals surface area (Å²) >= 11 is 0. The van der Waals surface area contributed by atoms with Crippen LogP contribution >= 0.6 is 0 Å². The number of hydrazone groups is 1. The normalized spacial score (nSPS) is 10.9. The predicted octanol–water partition coefficient (Wildman–Crippen LogP) is 3.63. The second kappa shape index (κ2) is 11.9. The van der Waals surface area contributed by atoms with E-state index in [4.69, 9.17) is 37.3 Å². The van der Waals surface area contributed by atoms with Crippen molar-refractivity contribution in [2.24, 2.45) is 5.10 Å². The van der Waals surface area contributed by atoms with E-state index in [1.165, 1.54) is 54.1 Å². The number of fused-ring (bicyclic) bond motifs is 1. The number of ether oxygens (including phenoxy) is 6. The maximum absolute atomic E-state index is 13.7. The highest BCUT2D eigenvalue weighted by atomic mass is 16.5. The van der Waals surface area contributed by atoms with Crippen molar-refractivity contribution in [3.8, 4) is 45.8 Å². The Morgan fingerprint density at radius 2 is 1.64 bits per heavy atom. The quantitative estimate of drug-likeness (QED) is 0.222. The molecule has 2 aromatic carbocycles. The van der Waals surface area contributed by atoms with Gasteiger partial charge in [0.2, 0.25) is 16.9 Å². The summed E-state index contributed by atoms with van der Waals surface area (Å²) in [7, 11) is 7.27. The fourth-order valence-electron chi connectivity index (χ4n) is 3.76. The Morgan fingerprint density at radius 3 is 2.23 bits per heavy atom. The molecule has 39 heavy (non-hydrogen) atoms. The predicted molar refractivity (Wildman–Crippen MR) is 141 cm³/mol. The first-order chi connectivity index (χ1) is 18.9. The number of carbonyl (C=O) groups excluding carboxylic acids is 1. The lowest BCUT2D eigenvalue weighted by Gasteiger charge is -2.16. The molecular weight excluding hydrogens is 512 g/mol. The van der Waals surface area contributed by atoms with Crippen LogP contribution in [-0.2, 0) is 4.79 Å². The lowest BCUT2D eigenvalue weighted by atomic mass is 10.1. The van der Waals surface area contributed by atoms with Crippen molar-refractivity contribution in [3.63, 3.8) is 0 Å². The third-order valence-corrected chi connectivity index (χ3v) is 5.55. The average Bonchev–Trinajstić information content (AvgIpc) is 3.48. The van der Waals surface area contributed by atoms with Crippen molar-refractivity contribution in [2.45, 2.75) is 0 Å². The molecule has 2 aromatic heterocycles. The maximum Gasteiger partial charge on any atom is 0.277 e. The van der Waals surface area contributed by atoms with Crippen LogP contribution in [0.2, 0.25) is 0 Å². The van der Waals surface area contributed by atoms with E-state index < -0.39 is 17.9 Å². The van der Waals surface area contributed by atoms with E-state index >= 15 is 0 Å². The third-order valence-electron chi connectivity index (χ3n) is 5.55. The lowest BCUT2D eigenvalue weighted by Crippen LogP contribution is -2.26. The molecule has 0 spiro atoms. The first-order valence-corrected chi connectivity index (χ1v) is 11.4. The number of methoxy groups -OCH3 is 5. The van der Waals surface area contributed by atoms with Crippen LogP contribution in [-0.4, -0.2) is 54.3 Å². The number of benzene rings is 2. The molecule has 0 aliphatic carbocycles.